The molecule has 0 bridgehead atoms. The zero-order chi connectivity index (χ0) is 23.5. The Balaban J connectivity index is 1.39. The largest absolute Gasteiger partial charge is 0.382 e. The van der Waals surface area contributed by atoms with Gasteiger partial charge in [0.15, 0.2) is 5.82 Å². The summed E-state index contributed by atoms with van der Waals surface area (Å²) in [6.45, 7) is 7.31. The number of carbonyl (C=O) groups is 1. The van der Waals surface area contributed by atoms with Crippen molar-refractivity contribution < 1.29 is 9.63 Å². The van der Waals surface area contributed by atoms with Crippen LogP contribution in [0.5, 0.6) is 0 Å². The second kappa shape index (κ2) is 9.21. The first-order valence-electron chi connectivity index (χ1n) is 11.6. The van der Waals surface area contributed by atoms with Crippen LogP contribution < -0.4 is 10.2 Å². The highest BCUT2D eigenvalue weighted by molar-refractivity contribution is 5.92. The average Bonchev–Trinajstić information content (AvgIpc) is 3.31. The Morgan fingerprint density at radius 2 is 2.06 bits per heavy atom. The Bertz CT molecular complexity index is 1230. The summed E-state index contributed by atoms with van der Waals surface area (Å²) in [5, 5.41) is 8.21. The molecule has 34 heavy (non-hydrogen) atoms. The molecule has 1 fully saturated rings. The lowest BCUT2D eigenvalue weighted by molar-refractivity contribution is -0.133. The molecule has 8 nitrogen and oxygen atoms in total. The van der Waals surface area contributed by atoms with Crippen LogP contribution in [0.3, 0.4) is 0 Å². The number of carbonyl (C=O) groups excluding carboxylic acids is 1. The fraction of sp³-hybridized carbons (Fsp3) is 0.346. The summed E-state index contributed by atoms with van der Waals surface area (Å²) >= 11 is 0. The molecule has 174 valence electrons. The van der Waals surface area contributed by atoms with E-state index in [9.17, 15) is 4.79 Å². The number of para-hydroxylation sites is 1. The summed E-state index contributed by atoms with van der Waals surface area (Å²) in [5.74, 6) is 1.46. The molecule has 2 aromatic heterocycles. The van der Waals surface area contributed by atoms with Gasteiger partial charge in [0, 0.05) is 48.4 Å². The molecule has 1 N–H and O–H groups in total. The highest BCUT2D eigenvalue weighted by atomic mass is 16.6. The minimum Gasteiger partial charge on any atom is -0.382 e. The zero-order valence-corrected chi connectivity index (χ0v) is 19.3. The Morgan fingerprint density at radius 1 is 1.24 bits per heavy atom. The van der Waals surface area contributed by atoms with Gasteiger partial charge in [-0.25, -0.2) is 9.97 Å². The average molecular weight is 457 g/mol. The number of anilines is 1. The van der Waals surface area contributed by atoms with Gasteiger partial charge in [0.25, 0.3) is 5.91 Å². The van der Waals surface area contributed by atoms with Crippen LogP contribution in [0.4, 0.5) is 5.82 Å². The van der Waals surface area contributed by atoms with E-state index in [0.717, 1.165) is 53.9 Å². The Hall–Kier alpha value is -3.81. The number of amides is 1. The molecule has 1 aromatic carbocycles. The summed E-state index contributed by atoms with van der Waals surface area (Å²) in [6.07, 6.45) is 7.65. The highest BCUT2D eigenvalue weighted by Gasteiger charge is 2.38. The number of hydrogen-bond acceptors (Lipinski definition) is 7. The molecule has 2 aliphatic rings. The van der Waals surface area contributed by atoms with Crippen molar-refractivity contribution >= 4 is 28.3 Å². The van der Waals surface area contributed by atoms with Crippen LogP contribution in [0.2, 0.25) is 0 Å². The molecule has 2 aliphatic heterocycles. The lowest BCUT2D eigenvalue weighted by Crippen LogP contribution is -2.57. The van der Waals surface area contributed by atoms with Crippen molar-refractivity contribution in [2.75, 3.05) is 18.0 Å². The van der Waals surface area contributed by atoms with Crippen molar-refractivity contribution in [2.45, 2.75) is 44.2 Å². The van der Waals surface area contributed by atoms with Gasteiger partial charge in [0.1, 0.15) is 5.82 Å². The summed E-state index contributed by atoms with van der Waals surface area (Å²) in [5.41, 5.74) is 2.27. The van der Waals surface area contributed by atoms with E-state index in [1.165, 1.54) is 0 Å². The van der Waals surface area contributed by atoms with Crippen LogP contribution in [0, 0.1) is 0 Å². The van der Waals surface area contributed by atoms with Gasteiger partial charge in [0.05, 0.1) is 11.2 Å². The molecule has 8 heteroatoms. The van der Waals surface area contributed by atoms with Crippen LogP contribution in [0.25, 0.3) is 22.3 Å². The molecule has 1 amide bonds. The smallest absolute Gasteiger partial charge is 0.264 e. The van der Waals surface area contributed by atoms with Crippen molar-refractivity contribution in [3.63, 3.8) is 0 Å². The molecule has 1 atom stereocenters. The van der Waals surface area contributed by atoms with E-state index < -0.39 is 6.10 Å². The van der Waals surface area contributed by atoms with Crippen LogP contribution in [0.1, 0.15) is 32.6 Å². The number of hydrogen-bond donors (Lipinski definition) is 1. The number of oxime groups is 1. The second-order valence-corrected chi connectivity index (χ2v) is 9.00. The molecule has 5 rings (SSSR count). The lowest BCUT2D eigenvalue weighted by atomic mass is 9.83. The van der Waals surface area contributed by atoms with Crippen molar-refractivity contribution in [1.29, 1.82) is 0 Å². The van der Waals surface area contributed by atoms with E-state index in [0.29, 0.717) is 18.7 Å². The normalized spacial score (nSPS) is 19.4. The topological polar surface area (TPSA) is 92.6 Å². The summed E-state index contributed by atoms with van der Waals surface area (Å²) in [6, 6.07) is 11.9. The van der Waals surface area contributed by atoms with E-state index in [1.54, 1.807) is 12.4 Å². The number of pyridine rings is 1. The predicted octanol–water partition coefficient (Wildman–Crippen LogP) is 3.89. The van der Waals surface area contributed by atoms with Gasteiger partial charge in [-0.1, -0.05) is 23.4 Å². The minimum absolute atomic E-state index is 0.109. The van der Waals surface area contributed by atoms with Gasteiger partial charge in [-0.2, -0.15) is 0 Å². The molecule has 0 radical (unpaired) electrons. The summed E-state index contributed by atoms with van der Waals surface area (Å²) in [7, 11) is 0. The van der Waals surface area contributed by atoms with Gasteiger partial charge < -0.3 is 15.1 Å². The molecule has 0 spiro atoms. The molecular formula is C26H28N6O2. The number of nitrogens with zero attached hydrogens (tertiary/aromatic N) is 5. The van der Waals surface area contributed by atoms with Gasteiger partial charge in [-0.3, -0.25) is 9.78 Å². The van der Waals surface area contributed by atoms with E-state index in [1.807, 2.05) is 43.3 Å². The SMILES string of the molecule is C=CCC1(NC(=O)C2CC(C)=NO2)CCN(c2nc(-c3cccnc3)nc3ccccc23)CC1. The van der Waals surface area contributed by atoms with Crippen molar-refractivity contribution in [3.05, 3.63) is 61.4 Å². The molecule has 3 aromatic rings. The lowest BCUT2D eigenvalue weighted by Gasteiger charge is -2.43. The highest BCUT2D eigenvalue weighted by Crippen LogP contribution is 2.33. The molecule has 1 saturated heterocycles. The number of benzene rings is 1. The monoisotopic (exact) mass is 456 g/mol. The van der Waals surface area contributed by atoms with Crippen molar-refractivity contribution in [1.82, 2.24) is 20.3 Å². The number of rotatable bonds is 6. The maximum Gasteiger partial charge on any atom is 0.264 e. The first kappa shape index (κ1) is 22.0. The molecule has 4 heterocycles. The molecule has 1 unspecified atom stereocenters. The van der Waals surface area contributed by atoms with Crippen LogP contribution in [-0.4, -0.2) is 51.3 Å². The molecule has 0 saturated carbocycles. The van der Waals surface area contributed by atoms with Crippen LogP contribution in [0.15, 0.2) is 66.6 Å². The van der Waals surface area contributed by atoms with Gasteiger partial charge in [-0.15, -0.1) is 6.58 Å². The fourth-order valence-corrected chi connectivity index (χ4v) is 4.71. The van der Waals surface area contributed by atoms with Crippen molar-refractivity contribution in [3.8, 4) is 11.4 Å². The Morgan fingerprint density at radius 3 is 2.76 bits per heavy atom. The number of nitrogens with one attached hydrogen (secondary N) is 1. The maximum absolute atomic E-state index is 12.9. The van der Waals surface area contributed by atoms with E-state index in [4.69, 9.17) is 14.8 Å². The maximum atomic E-state index is 12.9. The zero-order valence-electron chi connectivity index (χ0n) is 19.3. The Labute approximate surface area is 198 Å². The predicted molar refractivity (Wildman–Crippen MR) is 133 cm³/mol. The van der Waals surface area contributed by atoms with Crippen LogP contribution in [-0.2, 0) is 9.63 Å². The minimum atomic E-state index is -0.549. The summed E-state index contributed by atoms with van der Waals surface area (Å²) in [4.78, 5) is 34.4. The van der Waals surface area contributed by atoms with Crippen molar-refractivity contribution in [2.24, 2.45) is 5.16 Å². The standard InChI is InChI=1S/C26H28N6O2/c1-3-10-26(30-25(33)22-16-18(2)31-34-22)11-14-32(15-12-26)24-20-8-4-5-9-21(20)28-23(29-24)19-7-6-13-27-17-19/h3-9,13,17,22H,1,10-12,14-16H2,2H3,(H,30,33). The number of fused-ring (bicyclic) bond motifs is 1. The van der Waals surface area contributed by atoms with E-state index in [2.05, 4.69) is 33.0 Å². The van der Waals surface area contributed by atoms with E-state index in [-0.39, 0.29) is 11.4 Å². The summed E-state index contributed by atoms with van der Waals surface area (Å²) < 4.78 is 0. The van der Waals surface area contributed by atoms with Crippen LogP contribution >= 0.6 is 0 Å². The van der Waals surface area contributed by atoms with E-state index >= 15 is 0 Å². The van der Waals surface area contributed by atoms with Gasteiger partial charge in [0.2, 0.25) is 6.10 Å². The third-order valence-corrected chi connectivity index (χ3v) is 6.56. The quantitative estimate of drug-likeness (QED) is 0.566. The second-order valence-electron chi connectivity index (χ2n) is 9.00. The molecule has 0 aliphatic carbocycles. The fourth-order valence-electron chi connectivity index (χ4n) is 4.71. The molecular weight excluding hydrogens is 428 g/mol. The van der Waals surface area contributed by atoms with Gasteiger partial charge in [-0.05, 0) is 50.5 Å². The van der Waals surface area contributed by atoms with Gasteiger partial charge >= 0.3 is 0 Å². The number of aromatic nitrogens is 3. The number of piperidine rings is 1. The first-order valence-corrected chi connectivity index (χ1v) is 11.6. The first-order chi connectivity index (χ1) is 16.6. The Kier molecular flexibility index (Phi) is 5.96. The third kappa shape index (κ3) is 4.35. The third-order valence-electron chi connectivity index (χ3n) is 6.56.